The van der Waals surface area contributed by atoms with Gasteiger partial charge in [-0.2, -0.15) is 5.10 Å². The second kappa shape index (κ2) is 8.01. The molecule has 0 bridgehead atoms. The highest BCUT2D eigenvalue weighted by molar-refractivity contribution is 5.81. The fourth-order valence-electron chi connectivity index (χ4n) is 6.53. The van der Waals surface area contributed by atoms with E-state index in [1.54, 1.807) is 0 Å². The van der Waals surface area contributed by atoms with E-state index in [-0.39, 0.29) is 0 Å². The Hall–Kier alpha value is -2.53. The van der Waals surface area contributed by atoms with Crippen molar-refractivity contribution in [3.8, 4) is 22.4 Å². The summed E-state index contributed by atoms with van der Waals surface area (Å²) in [4.78, 5) is 12.7. The standard InChI is InChI=1S/C29H35N5/c1-29(9-2-3-10-29)19-34-17-24(14-31-34)25-12-21-5-4-6-26(21)32-28(25)22-11-23-16-33(15-20-7-8-20)18-27(23)30-13-22/h11-14,17,20H,2-10,15-16,18-19H2,1H3. The third-order valence-corrected chi connectivity index (χ3v) is 8.66. The molecule has 3 aliphatic carbocycles. The minimum absolute atomic E-state index is 0.387. The molecule has 0 radical (unpaired) electrons. The molecule has 5 heteroatoms. The molecule has 0 saturated heterocycles. The van der Waals surface area contributed by atoms with Gasteiger partial charge in [-0.15, -0.1) is 0 Å². The quantitative estimate of drug-likeness (QED) is 0.473. The molecule has 3 aromatic rings. The zero-order valence-electron chi connectivity index (χ0n) is 20.4. The number of pyridine rings is 2. The number of fused-ring (bicyclic) bond motifs is 2. The van der Waals surface area contributed by atoms with E-state index in [0.29, 0.717) is 5.41 Å². The van der Waals surface area contributed by atoms with Crippen LogP contribution in [0.25, 0.3) is 22.4 Å². The van der Waals surface area contributed by atoms with Gasteiger partial charge in [-0.05, 0) is 79.5 Å². The number of aromatic nitrogens is 4. The third kappa shape index (κ3) is 3.88. The summed E-state index contributed by atoms with van der Waals surface area (Å²) in [6.45, 7) is 6.70. The molecule has 2 saturated carbocycles. The van der Waals surface area contributed by atoms with E-state index in [4.69, 9.17) is 15.1 Å². The average Bonchev–Trinajstić information content (AvgIpc) is 3.24. The van der Waals surface area contributed by atoms with Crippen LogP contribution in [-0.4, -0.2) is 31.2 Å². The van der Waals surface area contributed by atoms with Crippen molar-refractivity contribution in [2.45, 2.75) is 84.3 Å². The largest absolute Gasteiger partial charge is 0.293 e. The summed E-state index contributed by atoms with van der Waals surface area (Å²) in [6.07, 6.45) is 18.0. The van der Waals surface area contributed by atoms with Gasteiger partial charge in [0.15, 0.2) is 0 Å². The van der Waals surface area contributed by atoms with Crippen LogP contribution in [0.4, 0.5) is 0 Å². The predicted octanol–water partition coefficient (Wildman–Crippen LogP) is 5.80. The van der Waals surface area contributed by atoms with Gasteiger partial charge in [0.1, 0.15) is 0 Å². The van der Waals surface area contributed by atoms with Crippen molar-refractivity contribution in [2.75, 3.05) is 6.54 Å². The summed E-state index contributed by atoms with van der Waals surface area (Å²) in [5.41, 5.74) is 10.4. The van der Waals surface area contributed by atoms with Gasteiger partial charge in [-0.3, -0.25) is 19.5 Å². The molecular weight excluding hydrogens is 418 g/mol. The first-order chi connectivity index (χ1) is 16.6. The van der Waals surface area contributed by atoms with E-state index in [1.807, 2.05) is 0 Å². The van der Waals surface area contributed by atoms with Crippen molar-refractivity contribution in [3.05, 3.63) is 53.2 Å². The SMILES string of the molecule is CC1(Cn2cc(-c3cc4c(nc3-c3cnc5c(c3)CN(CC3CC3)C5)CCC4)cn2)CCCC1. The van der Waals surface area contributed by atoms with E-state index in [2.05, 4.69) is 47.2 Å². The van der Waals surface area contributed by atoms with Gasteiger partial charge in [0, 0.05) is 61.0 Å². The minimum Gasteiger partial charge on any atom is -0.293 e. The zero-order valence-corrected chi connectivity index (χ0v) is 20.4. The van der Waals surface area contributed by atoms with Crippen molar-refractivity contribution in [1.82, 2.24) is 24.6 Å². The summed E-state index contributed by atoms with van der Waals surface area (Å²) < 4.78 is 2.17. The molecule has 4 heterocycles. The summed E-state index contributed by atoms with van der Waals surface area (Å²) in [7, 11) is 0. The second-order valence-electron chi connectivity index (χ2n) is 11.7. The maximum Gasteiger partial charge on any atom is 0.0800 e. The molecule has 0 atom stereocenters. The van der Waals surface area contributed by atoms with Gasteiger partial charge < -0.3 is 0 Å². The minimum atomic E-state index is 0.387. The number of hydrogen-bond donors (Lipinski definition) is 0. The topological polar surface area (TPSA) is 46.8 Å². The van der Waals surface area contributed by atoms with Gasteiger partial charge >= 0.3 is 0 Å². The molecule has 0 unspecified atom stereocenters. The highest BCUT2D eigenvalue weighted by atomic mass is 15.3. The zero-order chi connectivity index (χ0) is 22.7. The van der Waals surface area contributed by atoms with Crippen LogP contribution in [0, 0.1) is 11.3 Å². The van der Waals surface area contributed by atoms with E-state index < -0.39 is 0 Å². The summed E-state index contributed by atoms with van der Waals surface area (Å²) >= 11 is 0. The first kappa shape index (κ1) is 20.8. The van der Waals surface area contributed by atoms with Gasteiger partial charge in [-0.25, -0.2) is 0 Å². The Bertz CT molecular complexity index is 1230. The summed E-state index contributed by atoms with van der Waals surface area (Å²) in [5, 5.41) is 4.80. The number of aryl methyl sites for hydroxylation is 2. The van der Waals surface area contributed by atoms with Crippen LogP contribution in [0.3, 0.4) is 0 Å². The smallest absolute Gasteiger partial charge is 0.0800 e. The molecule has 3 aromatic heterocycles. The molecule has 0 aromatic carbocycles. The van der Waals surface area contributed by atoms with E-state index in [0.717, 1.165) is 49.7 Å². The first-order valence-corrected chi connectivity index (χ1v) is 13.4. The highest BCUT2D eigenvalue weighted by Gasteiger charge is 2.30. The van der Waals surface area contributed by atoms with Crippen LogP contribution < -0.4 is 0 Å². The van der Waals surface area contributed by atoms with E-state index in [9.17, 15) is 0 Å². The Kier molecular flexibility index (Phi) is 4.90. The van der Waals surface area contributed by atoms with Crippen LogP contribution in [0.15, 0.2) is 30.7 Å². The van der Waals surface area contributed by atoms with Gasteiger partial charge in [-0.1, -0.05) is 19.8 Å². The molecule has 0 N–H and O–H groups in total. The lowest BCUT2D eigenvalue weighted by molar-refractivity contribution is 0.268. The fourth-order valence-corrected chi connectivity index (χ4v) is 6.53. The summed E-state index contributed by atoms with van der Waals surface area (Å²) in [6, 6.07) is 4.77. The van der Waals surface area contributed by atoms with Crippen LogP contribution in [-0.2, 0) is 32.5 Å². The maximum atomic E-state index is 5.24. The Morgan fingerprint density at radius 3 is 2.68 bits per heavy atom. The molecule has 4 aliphatic rings. The van der Waals surface area contributed by atoms with E-state index >= 15 is 0 Å². The van der Waals surface area contributed by atoms with Gasteiger partial charge in [0.25, 0.3) is 0 Å². The molecule has 34 heavy (non-hydrogen) atoms. The van der Waals surface area contributed by atoms with Crippen LogP contribution in [0.1, 0.15) is 74.4 Å². The molecule has 0 amide bonds. The highest BCUT2D eigenvalue weighted by Crippen LogP contribution is 2.40. The first-order valence-electron chi connectivity index (χ1n) is 13.4. The van der Waals surface area contributed by atoms with Gasteiger partial charge in [0.2, 0.25) is 0 Å². The second-order valence-corrected chi connectivity index (χ2v) is 11.7. The Morgan fingerprint density at radius 2 is 1.82 bits per heavy atom. The van der Waals surface area contributed by atoms with Crippen molar-refractivity contribution in [1.29, 1.82) is 0 Å². The maximum absolute atomic E-state index is 5.24. The average molecular weight is 454 g/mol. The molecule has 7 rings (SSSR count). The lowest BCUT2D eigenvalue weighted by atomic mass is 9.89. The molecule has 1 aliphatic heterocycles. The number of nitrogens with zero attached hydrogens (tertiary/aromatic N) is 5. The lowest BCUT2D eigenvalue weighted by Crippen LogP contribution is -2.19. The van der Waals surface area contributed by atoms with Crippen molar-refractivity contribution in [3.63, 3.8) is 0 Å². The Balaban J connectivity index is 1.23. The Labute approximate surface area is 202 Å². The Morgan fingerprint density at radius 1 is 0.941 bits per heavy atom. The number of rotatable bonds is 6. The van der Waals surface area contributed by atoms with Crippen molar-refractivity contribution in [2.24, 2.45) is 11.3 Å². The normalized spacial score (nSPS) is 21.2. The van der Waals surface area contributed by atoms with Crippen LogP contribution in [0.5, 0.6) is 0 Å². The third-order valence-electron chi connectivity index (χ3n) is 8.66. The van der Waals surface area contributed by atoms with E-state index in [1.165, 1.54) is 85.1 Å². The van der Waals surface area contributed by atoms with Crippen LogP contribution in [0.2, 0.25) is 0 Å². The molecular formula is C29H35N5. The summed E-state index contributed by atoms with van der Waals surface area (Å²) in [5.74, 6) is 0.918. The molecule has 2 fully saturated rings. The van der Waals surface area contributed by atoms with Crippen LogP contribution >= 0.6 is 0 Å². The lowest BCUT2D eigenvalue weighted by Gasteiger charge is -2.23. The van der Waals surface area contributed by atoms with Gasteiger partial charge in [0.05, 0.1) is 17.6 Å². The number of hydrogen-bond acceptors (Lipinski definition) is 4. The monoisotopic (exact) mass is 453 g/mol. The molecule has 176 valence electrons. The fraction of sp³-hybridized carbons (Fsp3) is 0.552. The van der Waals surface area contributed by atoms with Crippen molar-refractivity contribution >= 4 is 0 Å². The predicted molar refractivity (Wildman–Crippen MR) is 134 cm³/mol. The molecule has 0 spiro atoms. The molecule has 5 nitrogen and oxygen atoms in total. The van der Waals surface area contributed by atoms with Crippen molar-refractivity contribution < 1.29 is 0 Å².